The third kappa shape index (κ3) is 5.82. The van der Waals surface area contributed by atoms with Crippen molar-refractivity contribution in [1.29, 1.82) is 5.26 Å². The molecule has 0 radical (unpaired) electrons. The number of amides is 1. The molecule has 1 saturated heterocycles. The normalized spacial score (nSPS) is 17.2. The molecule has 0 saturated carbocycles. The molecule has 45 heavy (non-hydrogen) atoms. The Labute approximate surface area is 262 Å². The molecule has 3 aliphatic heterocycles. The maximum Gasteiger partial charge on any atom is 0.258 e. The van der Waals surface area contributed by atoms with E-state index < -0.39 is 0 Å². The topological polar surface area (TPSA) is 108 Å². The van der Waals surface area contributed by atoms with Crippen LogP contribution < -0.4 is 19.1 Å². The van der Waals surface area contributed by atoms with Crippen LogP contribution in [0.15, 0.2) is 72.9 Å². The molecule has 9 heteroatoms. The molecule has 7 rings (SSSR count). The molecule has 228 valence electrons. The predicted octanol–water partition coefficient (Wildman–Crippen LogP) is 5.13. The number of carbonyl (C=O) groups excluding carboxylic acids is 1. The fraction of sp³-hybridized carbons (Fsp3) is 0.306. The average Bonchev–Trinajstić information content (AvgIpc) is 3.74. The number of likely N-dealkylation sites (tertiary alicyclic amines) is 1. The number of ether oxygens (including phenoxy) is 3. The summed E-state index contributed by atoms with van der Waals surface area (Å²) < 4.78 is 17.9. The van der Waals surface area contributed by atoms with Crippen LogP contribution in [0.25, 0.3) is 11.1 Å². The Kier molecular flexibility index (Phi) is 8.07. The summed E-state index contributed by atoms with van der Waals surface area (Å²) in [5, 5.41) is 19.1. The van der Waals surface area contributed by atoms with Gasteiger partial charge in [0.1, 0.15) is 37.3 Å². The molecule has 1 fully saturated rings. The molecule has 1 atom stereocenters. The fourth-order valence-electron chi connectivity index (χ4n) is 6.55. The Morgan fingerprint density at radius 2 is 1.93 bits per heavy atom. The zero-order valence-corrected chi connectivity index (χ0v) is 24.9. The molecule has 4 heterocycles. The van der Waals surface area contributed by atoms with Gasteiger partial charge in [0.05, 0.1) is 6.61 Å². The highest BCUT2D eigenvalue weighted by molar-refractivity contribution is 6.08. The molecule has 9 nitrogen and oxygen atoms in total. The van der Waals surface area contributed by atoms with Crippen LogP contribution in [0.4, 0.5) is 5.69 Å². The lowest BCUT2D eigenvalue weighted by Gasteiger charge is -2.24. The molecule has 0 aliphatic carbocycles. The Morgan fingerprint density at radius 3 is 2.80 bits per heavy atom. The Balaban J connectivity index is 1.17. The monoisotopic (exact) mass is 602 g/mol. The number of aromatic nitrogens is 1. The van der Waals surface area contributed by atoms with Crippen molar-refractivity contribution in [1.82, 2.24) is 9.88 Å². The van der Waals surface area contributed by atoms with Crippen molar-refractivity contribution in [3.63, 3.8) is 0 Å². The molecule has 1 amide bonds. The van der Waals surface area contributed by atoms with Crippen molar-refractivity contribution < 1.29 is 24.1 Å². The number of nitriles is 1. The zero-order chi connectivity index (χ0) is 30.8. The van der Waals surface area contributed by atoms with Gasteiger partial charge < -0.3 is 24.2 Å². The molecular weight excluding hydrogens is 568 g/mol. The minimum Gasteiger partial charge on any atom is -0.489 e. The summed E-state index contributed by atoms with van der Waals surface area (Å²) >= 11 is 0. The number of nitrogens with zero attached hydrogens (tertiary/aromatic N) is 4. The van der Waals surface area contributed by atoms with E-state index in [1.54, 1.807) is 12.3 Å². The quantitative estimate of drug-likeness (QED) is 0.296. The Hall–Kier alpha value is -4.91. The molecule has 3 aromatic carbocycles. The average molecular weight is 603 g/mol. The largest absolute Gasteiger partial charge is 0.489 e. The van der Waals surface area contributed by atoms with Crippen LogP contribution in [0.5, 0.6) is 17.2 Å². The number of rotatable bonds is 8. The van der Waals surface area contributed by atoms with Crippen LogP contribution in [-0.4, -0.2) is 59.8 Å². The third-order valence-electron chi connectivity index (χ3n) is 8.86. The summed E-state index contributed by atoms with van der Waals surface area (Å²) in [6.07, 6.45) is 4.33. The second-order valence-corrected chi connectivity index (χ2v) is 11.6. The number of carbonyl (C=O) groups is 1. The van der Waals surface area contributed by atoms with Gasteiger partial charge in [-0.1, -0.05) is 24.3 Å². The van der Waals surface area contributed by atoms with Gasteiger partial charge in [0.2, 0.25) is 0 Å². The van der Waals surface area contributed by atoms with Gasteiger partial charge in [0, 0.05) is 42.1 Å². The number of aliphatic hydroxyl groups excluding tert-OH is 1. The van der Waals surface area contributed by atoms with E-state index in [1.165, 1.54) is 0 Å². The molecule has 0 unspecified atom stereocenters. The van der Waals surface area contributed by atoms with Gasteiger partial charge >= 0.3 is 0 Å². The van der Waals surface area contributed by atoms with E-state index in [0.29, 0.717) is 43.3 Å². The fourth-order valence-corrected chi connectivity index (χ4v) is 6.55. The highest BCUT2D eigenvalue weighted by atomic mass is 16.6. The maximum absolute atomic E-state index is 14.1. The van der Waals surface area contributed by atoms with Gasteiger partial charge in [-0.05, 0) is 90.5 Å². The highest BCUT2D eigenvalue weighted by Gasteiger charge is 2.29. The molecule has 0 spiro atoms. The van der Waals surface area contributed by atoms with E-state index in [2.05, 4.69) is 22.0 Å². The molecule has 1 aromatic heterocycles. The van der Waals surface area contributed by atoms with E-state index in [4.69, 9.17) is 14.2 Å². The summed E-state index contributed by atoms with van der Waals surface area (Å²) in [6, 6.07) is 23.5. The van der Waals surface area contributed by atoms with Crippen LogP contribution >= 0.6 is 0 Å². The number of anilines is 1. The van der Waals surface area contributed by atoms with Crippen molar-refractivity contribution in [2.24, 2.45) is 0 Å². The number of hydrogen-bond acceptors (Lipinski definition) is 8. The highest BCUT2D eigenvalue weighted by Crippen LogP contribution is 2.41. The van der Waals surface area contributed by atoms with E-state index in [1.807, 2.05) is 59.5 Å². The Bertz CT molecular complexity index is 1780. The minimum absolute atomic E-state index is 0.0884. The summed E-state index contributed by atoms with van der Waals surface area (Å²) in [7, 11) is 0. The van der Waals surface area contributed by atoms with Crippen LogP contribution in [0.2, 0.25) is 0 Å². The lowest BCUT2D eigenvalue weighted by atomic mass is 9.97. The smallest absolute Gasteiger partial charge is 0.258 e. The van der Waals surface area contributed by atoms with Gasteiger partial charge in [-0.25, -0.2) is 4.98 Å². The summed E-state index contributed by atoms with van der Waals surface area (Å²) in [4.78, 5) is 22.2. The number of aliphatic hydroxyl groups is 1. The van der Waals surface area contributed by atoms with Crippen molar-refractivity contribution in [3.05, 3.63) is 101 Å². The van der Waals surface area contributed by atoms with Crippen molar-refractivity contribution in [2.75, 3.05) is 37.8 Å². The van der Waals surface area contributed by atoms with Gasteiger partial charge in [-0.2, -0.15) is 5.26 Å². The van der Waals surface area contributed by atoms with Crippen molar-refractivity contribution in [3.8, 4) is 34.4 Å². The standard InChI is InChI=1S/C36H34N4O5/c37-20-28-17-24(10-12-38-28)23-45-34-19-26(6-7-27(34)21-39-13-2-3-29(39)22-41)36(42)40-14-11-31-30(4-1-5-32(31)40)25-8-9-33-35(18-25)44-16-15-43-33/h1,4-10,12,17-19,29,41H,2-3,11,13-16,21-23H2/t29-/m0/s1. The van der Waals surface area contributed by atoms with E-state index in [9.17, 15) is 15.2 Å². The first kappa shape index (κ1) is 28.8. The molecule has 3 aliphatic rings. The van der Waals surface area contributed by atoms with Crippen LogP contribution in [-0.2, 0) is 19.6 Å². The van der Waals surface area contributed by atoms with E-state index in [0.717, 1.165) is 70.8 Å². The second-order valence-electron chi connectivity index (χ2n) is 11.6. The van der Waals surface area contributed by atoms with Crippen LogP contribution in [0.1, 0.15) is 45.6 Å². The first-order valence-corrected chi connectivity index (χ1v) is 15.4. The number of benzene rings is 3. The zero-order valence-electron chi connectivity index (χ0n) is 24.9. The van der Waals surface area contributed by atoms with Crippen molar-refractivity contribution >= 4 is 11.6 Å². The van der Waals surface area contributed by atoms with Crippen molar-refractivity contribution in [2.45, 2.75) is 38.5 Å². The van der Waals surface area contributed by atoms with Crippen LogP contribution in [0, 0.1) is 11.3 Å². The first-order valence-electron chi connectivity index (χ1n) is 15.4. The predicted molar refractivity (Wildman–Crippen MR) is 168 cm³/mol. The molecular formula is C36H34N4O5. The number of pyridine rings is 1. The SMILES string of the molecule is N#Cc1cc(COc2cc(C(=O)N3CCc4c(-c5ccc6c(c5)OCCO6)cccc43)ccc2CN2CCC[C@H]2CO)ccn1. The lowest BCUT2D eigenvalue weighted by molar-refractivity contribution is 0.0989. The van der Waals surface area contributed by atoms with E-state index in [-0.39, 0.29) is 25.2 Å². The van der Waals surface area contributed by atoms with Crippen LogP contribution in [0.3, 0.4) is 0 Å². The van der Waals surface area contributed by atoms with Gasteiger partial charge in [-0.3, -0.25) is 9.69 Å². The van der Waals surface area contributed by atoms with Gasteiger partial charge in [0.25, 0.3) is 5.91 Å². The summed E-state index contributed by atoms with van der Waals surface area (Å²) in [6.45, 7) is 3.51. The second kappa shape index (κ2) is 12.6. The van der Waals surface area contributed by atoms with E-state index >= 15 is 0 Å². The first-order chi connectivity index (χ1) is 22.1. The minimum atomic E-state index is -0.0884. The third-order valence-corrected chi connectivity index (χ3v) is 8.86. The molecule has 1 N–H and O–H groups in total. The lowest BCUT2D eigenvalue weighted by Crippen LogP contribution is -2.32. The van der Waals surface area contributed by atoms with Gasteiger partial charge in [0.15, 0.2) is 11.5 Å². The molecule has 4 aromatic rings. The maximum atomic E-state index is 14.1. The Morgan fingerprint density at radius 1 is 1.04 bits per heavy atom. The summed E-state index contributed by atoms with van der Waals surface area (Å²) in [5.41, 5.74) is 6.78. The number of fused-ring (bicyclic) bond motifs is 2. The number of hydrogen-bond donors (Lipinski definition) is 1. The summed E-state index contributed by atoms with van der Waals surface area (Å²) in [5.74, 6) is 2.02. The molecule has 0 bridgehead atoms. The van der Waals surface area contributed by atoms with Gasteiger partial charge in [-0.15, -0.1) is 0 Å².